The minimum absolute atomic E-state index is 0.0347. The molecule has 0 spiro atoms. The summed E-state index contributed by atoms with van der Waals surface area (Å²) in [7, 11) is 0. The van der Waals surface area contributed by atoms with E-state index >= 15 is 0 Å². The zero-order valence-electron chi connectivity index (χ0n) is 9.29. The molecular formula is C10H19NO3. The Balaban J connectivity index is 4.02. The molecule has 1 unspecified atom stereocenters. The maximum absolute atomic E-state index is 11.2. The average molecular weight is 201 g/mol. The van der Waals surface area contributed by atoms with Gasteiger partial charge in [0.05, 0.1) is 12.1 Å². The van der Waals surface area contributed by atoms with E-state index in [0.29, 0.717) is 6.42 Å². The first kappa shape index (κ1) is 12.9. The Kier molecular flexibility index (Phi) is 5.92. The van der Waals surface area contributed by atoms with Crippen LogP contribution in [0.5, 0.6) is 0 Å². The second-order valence-electron chi connectivity index (χ2n) is 3.55. The second-order valence-corrected chi connectivity index (χ2v) is 3.55. The van der Waals surface area contributed by atoms with Gasteiger partial charge in [0.25, 0.3) is 0 Å². The largest absolute Gasteiger partial charge is 0.447 e. The third-order valence-electron chi connectivity index (χ3n) is 1.70. The second kappa shape index (κ2) is 6.40. The van der Waals surface area contributed by atoms with Crippen molar-refractivity contribution >= 4 is 11.9 Å². The standard InChI is InChI=1S/C10H19NO3/c1-5-6-9(8(4)12)11-10(13)14-7(2)3/h7,9H,5-6H2,1-4H3,(H,11,13). The fraction of sp³-hybridized carbons (Fsp3) is 0.800. The molecule has 4 heteroatoms. The minimum atomic E-state index is -0.520. The molecule has 0 saturated carbocycles. The normalized spacial score (nSPS) is 12.4. The molecule has 82 valence electrons. The first-order chi connectivity index (χ1) is 6.47. The molecule has 0 radical (unpaired) electrons. The molecule has 14 heavy (non-hydrogen) atoms. The molecule has 0 aliphatic heterocycles. The number of ketones is 1. The van der Waals surface area contributed by atoms with Gasteiger partial charge in [-0.15, -0.1) is 0 Å². The third kappa shape index (κ3) is 5.56. The number of carbonyl (C=O) groups excluding carboxylic acids is 2. The van der Waals surface area contributed by atoms with Crippen molar-refractivity contribution in [3.05, 3.63) is 0 Å². The molecule has 0 fully saturated rings. The van der Waals surface area contributed by atoms with E-state index in [1.165, 1.54) is 6.92 Å². The maximum Gasteiger partial charge on any atom is 0.407 e. The van der Waals surface area contributed by atoms with Crippen molar-refractivity contribution in [1.29, 1.82) is 0 Å². The Morgan fingerprint density at radius 3 is 2.29 bits per heavy atom. The molecule has 0 aliphatic carbocycles. The van der Waals surface area contributed by atoms with Gasteiger partial charge in [-0.1, -0.05) is 13.3 Å². The zero-order valence-corrected chi connectivity index (χ0v) is 9.29. The predicted octanol–water partition coefficient (Wildman–Crippen LogP) is 1.88. The van der Waals surface area contributed by atoms with Crippen LogP contribution in [0.1, 0.15) is 40.5 Å². The fourth-order valence-corrected chi connectivity index (χ4v) is 1.06. The number of alkyl carbamates (subject to hydrolysis) is 1. The first-order valence-corrected chi connectivity index (χ1v) is 4.95. The molecule has 1 atom stereocenters. The van der Waals surface area contributed by atoms with Crippen LogP contribution in [0.15, 0.2) is 0 Å². The number of carbonyl (C=O) groups is 2. The van der Waals surface area contributed by atoms with Gasteiger partial charge in [-0.3, -0.25) is 4.79 Å². The number of Topliss-reactive ketones (excluding diaryl/α,β-unsaturated/α-hetero) is 1. The van der Waals surface area contributed by atoms with Crippen LogP contribution in [0.2, 0.25) is 0 Å². The van der Waals surface area contributed by atoms with E-state index in [2.05, 4.69) is 5.32 Å². The molecule has 1 amide bonds. The van der Waals surface area contributed by atoms with Gasteiger partial charge >= 0.3 is 6.09 Å². The Bertz CT molecular complexity index is 202. The molecule has 0 aromatic carbocycles. The molecular weight excluding hydrogens is 182 g/mol. The summed E-state index contributed by atoms with van der Waals surface area (Å²) in [4.78, 5) is 22.2. The maximum atomic E-state index is 11.2. The highest BCUT2D eigenvalue weighted by atomic mass is 16.6. The number of amides is 1. The van der Waals surface area contributed by atoms with E-state index in [4.69, 9.17) is 4.74 Å². The minimum Gasteiger partial charge on any atom is -0.447 e. The molecule has 0 bridgehead atoms. The smallest absolute Gasteiger partial charge is 0.407 e. The third-order valence-corrected chi connectivity index (χ3v) is 1.70. The summed E-state index contributed by atoms with van der Waals surface area (Å²) in [5.41, 5.74) is 0. The summed E-state index contributed by atoms with van der Waals surface area (Å²) < 4.78 is 4.87. The lowest BCUT2D eigenvalue weighted by atomic mass is 10.1. The molecule has 0 rings (SSSR count). The van der Waals surface area contributed by atoms with Gasteiger partial charge in [-0.2, -0.15) is 0 Å². The quantitative estimate of drug-likeness (QED) is 0.738. The Labute approximate surface area is 85.0 Å². The summed E-state index contributed by atoms with van der Waals surface area (Å²) in [5.74, 6) is -0.0347. The Hall–Kier alpha value is -1.06. The number of hydrogen-bond acceptors (Lipinski definition) is 3. The average Bonchev–Trinajstić information content (AvgIpc) is 2.01. The van der Waals surface area contributed by atoms with Crippen LogP contribution in [-0.4, -0.2) is 24.0 Å². The van der Waals surface area contributed by atoms with Crippen LogP contribution >= 0.6 is 0 Å². The predicted molar refractivity (Wildman–Crippen MR) is 54.1 cm³/mol. The summed E-state index contributed by atoms with van der Waals surface area (Å²) in [6.45, 7) is 6.96. The first-order valence-electron chi connectivity index (χ1n) is 4.95. The van der Waals surface area contributed by atoms with Crippen LogP contribution in [0, 0.1) is 0 Å². The van der Waals surface area contributed by atoms with Gasteiger partial charge in [-0.05, 0) is 27.2 Å². The highest BCUT2D eigenvalue weighted by Gasteiger charge is 2.16. The molecule has 1 N–H and O–H groups in total. The van der Waals surface area contributed by atoms with Crippen LogP contribution < -0.4 is 5.32 Å². The van der Waals surface area contributed by atoms with Gasteiger partial charge in [0.1, 0.15) is 0 Å². The molecule has 0 aromatic heterocycles. The van der Waals surface area contributed by atoms with Gasteiger partial charge in [0.2, 0.25) is 0 Å². The van der Waals surface area contributed by atoms with Crippen molar-refractivity contribution < 1.29 is 14.3 Å². The summed E-state index contributed by atoms with van der Waals surface area (Å²) in [6.07, 6.45) is 0.826. The van der Waals surface area contributed by atoms with Crippen LogP contribution in [0.3, 0.4) is 0 Å². The summed E-state index contributed by atoms with van der Waals surface area (Å²) in [5, 5.41) is 2.54. The lowest BCUT2D eigenvalue weighted by molar-refractivity contribution is -0.119. The fourth-order valence-electron chi connectivity index (χ4n) is 1.06. The Morgan fingerprint density at radius 1 is 1.36 bits per heavy atom. The van der Waals surface area contributed by atoms with Crippen LogP contribution in [0.25, 0.3) is 0 Å². The summed E-state index contributed by atoms with van der Waals surface area (Å²) in [6, 6.07) is -0.411. The van der Waals surface area contributed by atoms with Crippen LogP contribution in [-0.2, 0) is 9.53 Å². The highest BCUT2D eigenvalue weighted by molar-refractivity contribution is 5.85. The van der Waals surface area contributed by atoms with E-state index in [0.717, 1.165) is 6.42 Å². The molecule has 0 aliphatic rings. The van der Waals surface area contributed by atoms with Crippen molar-refractivity contribution in [2.24, 2.45) is 0 Å². The van der Waals surface area contributed by atoms with Crippen molar-refractivity contribution in [3.8, 4) is 0 Å². The van der Waals surface area contributed by atoms with E-state index in [-0.39, 0.29) is 11.9 Å². The van der Waals surface area contributed by atoms with Gasteiger partial charge in [-0.25, -0.2) is 4.79 Å². The molecule has 0 saturated heterocycles. The van der Waals surface area contributed by atoms with E-state index in [9.17, 15) is 9.59 Å². The van der Waals surface area contributed by atoms with E-state index < -0.39 is 12.1 Å². The van der Waals surface area contributed by atoms with E-state index in [1.54, 1.807) is 13.8 Å². The molecule has 0 aromatic rings. The lowest BCUT2D eigenvalue weighted by Crippen LogP contribution is -2.40. The number of rotatable bonds is 5. The monoisotopic (exact) mass is 201 g/mol. The highest BCUT2D eigenvalue weighted by Crippen LogP contribution is 1.99. The van der Waals surface area contributed by atoms with E-state index in [1.807, 2.05) is 6.92 Å². The van der Waals surface area contributed by atoms with Gasteiger partial charge < -0.3 is 10.1 Å². The molecule has 0 heterocycles. The lowest BCUT2D eigenvalue weighted by Gasteiger charge is -2.16. The zero-order chi connectivity index (χ0) is 11.1. The Morgan fingerprint density at radius 2 is 1.93 bits per heavy atom. The van der Waals surface area contributed by atoms with Crippen molar-refractivity contribution in [3.63, 3.8) is 0 Å². The van der Waals surface area contributed by atoms with Gasteiger partial charge in [0.15, 0.2) is 5.78 Å². The van der Waals surface area contributed by atoms with Crippen LogP contribution in [0.4, 0.5) is 4.79 Å². The number of ether oxygens (including phenoxy) is 1. The number of hydrogen-bond donors (Lipinski definition) is 1. The summed E-state index contributed by atoms with van der Waals surface area (Å²) >= 11 is 0. The van der Waals surface area contributed by atoms with Crippen molar-refractivity contribution in [2.75, 3.05) is 0 Å². The number of nitrogens with one attached hydrogen (secondary N) is 1. The SMILES string of the molecule is CCCC(NC(=O)OC(C)C)C(C)=O. The van der Waals surface area contributed by atoms with Crippen molar-refractivity contribution in [2.45, 2.75) is 52.7 Å². The van der Waals surface area contributed by atoms with Crippen molar-refractivity contribution in [1.82, 2.24) is 5.32 Å². The van der Waals surface area contributed by atoms with Gasteiger partial charge in [0, 0.05) is 0 Å². The topological polar surface area (TPSA) is 55.4 Å². The molecule has 4 nitrogen and oxygen atoms in total.